The van der Waals surface area contributed by atoms with Crippen molar-refractivity contribution in [1.82, 2.24) is 4.90 Å². The van der Waals surface area contributed by atoms with Crippen molar-refractivity contribution in [3.63, 3.8) is 0 Å². The zero-order valence-corrected chi connectivity index (χ0v) is 21.0. The Labute approximate surface area is 216 Å². The van der Waals surface area contributed by atoms with Gasteiger partial charge >= 0.3 is 5.97 Å². The van der Waals surface area contributed by atoms with Crippen LogP contribution < -0.4 is 9.47 Å². The normalized spacial score (nSPS) is 14.5. The second-order valence-corrected chi connectivity index (χ2v) is 9.41. The molecule has 1 saturated heterocycles. The summed E-state index contributed by atoms with van der Waals surface area (Å²) in [5.41, 5.74) is 2.57. The molecule has 0 N–H and O–H groups in total. The van der Waals surface area contributed by atoms with Gasteiger partial charge in [0, 0.05) is 0 Å². The summed E-state index contributed by atoms with van der Waals surface area (Å²) in [7, 11) is 1.40. The molecule has 6 nitrogen and oxygen atoms in total. The van der Waals surface area contributed by atoms with E-state index in [0.29, 0.717) is 5.56 Å². The maximum Gasteiger partial charge on any atom is 0.345 e. The molecule has 4 rings (SSSR count). The van der Waals surface area contributed by atoms with Crippen LogP contribution in [0, 0.1) is 6.92 Å². The van der Waals surface area contributed by atoms with Crippen LogP contribution in [-0.2, 0) is 11.3 Å². The summed E-state index contributed by atoms with van der Waals surface area (Å²) >= 11 is 13.3. The van der Waals surface area contributed by atoms with Crippen LogP contribution in [0.1, 0.15) is 27.0 Å². The Kier molecular flexibility index (Phi) is 7.50. The van der Waals surface area contributed by atoms with Crippen molar-refractivity contribution in [1.29, 1.82) is 0 Å². The minimum absolute atomic E-state index is 0.0175. The van der Waals surface area contributed by atoms with Crippen molar-refractivity contribution in [3.05, 3.63) is 97.9 Å². The first kappa shape index (κ1) is 24.9. The van der Waals surface area contributed by atoms with Crippen LogP contribution in [0.25, 0.3) is 6.08 Å². The first-order valence-electron chi connectivity index (χ1n) is 10.4. The van der Waals surface area contributed by atoms with Gasteiger partial charge in [0.25, 0.3) is 11.1 Å². The maximum absolute atomic E-state index is 12.9. The van der Waals surface area contributed by atoms with Crippen LogP contribution in [0.5, 0.6) is 11.5 Å². The van der Waals surface area contributed by atoms with Gasteiger partial charge in [-0.25, -0.2) is 4.79 Å². The lowest BCUT2D eigenvalue weighted by Crippen LogP contribution is -2.27. The van der Waals surface area contributed by atoms with E-state index in [2.05, 4.69) is 0 Å². The highest BCUT2D eigenvalue weighted by molar-refractivity contribution is 8.18. The van der Waals surface area contributed by atoms with Crippen LogP contribution in [-0.4, -0.2) is 29.1 Å². The smallest absolute Gasteiger partial charge is 0.345 e. The summed E-state index contributed by atoms with van der Waals surface area (Å²) in [5.74, 6) is -0.888. The fraction of sp³-hybridized carbons (Fsp3) is 0.115. The summed E-state index contributed by atoms with van der Waals surface area (Å²) < 4.78 is 10.8. The van der Waals surface area contributed by atoms with Gasteiger partial charge in [-0.15, -0.1) is 0 Å². The van der Waals surface area contributed by atoms with Crippen LogP contribution in [0.15, 0.2) is 65.6 Å². The second kappa shape index (κ2) is 10.6. The van der Waals surface area contributed by atoms with E-state index in [4.69, 9.17) is 32.7 Å². The fourth-order valence-electron chi connectivity index (χ4n) is 3.44. The number of amides is 2. The molecule has 0 spiro atoms. The minimum Gasteiger partial charge on any atom is -0.493 e. The number of ether oxygens (including phenoxy) is 2. The van der Waals surface area contributed by atoms with Gasteiger partial charge in [0.1, 0.15) is 0 Å². The summed E-state index contributed by atoms with van der Waals surface area (Å²) in [5, 5.41) is -0.0198. The molecule has 0 atom stereocenters. The number of aryl methyl sites for hydroxylation is 1. The summed E-state index contributed by atoms with van der Waals surface area (Å²) in [6.07, 6.45) is 1.55. The maximum atomic E-state index is 12.9. The van der Waals surface area contributed by atoms with Gasteiger partial charge in [-0.1, -0.05) is 59.6 Å². The molecule has 1 fully saturated rings. The van der Waals surface area contributed by atoms with E-state index in [1.54, 1.807) is 30.3 Å². The topological polar surface area (TPSA) is 72.9 Å². The highest BCUT2D eigenvalue weighted by atomic mass is 35.5. The Morgan fingerprint density at radius 1 is 1.03 bits per heavy atom. The molecule has 178 valence electrons. The largest absolute Gasteiger partial charge is 0.493 e. The van der Waals surface area contributed by atoms with Crippen molar-refractivity contribution < 1.29 is 23.9 Å². The average molecular weight is 528 g/mol. The first-order chi connectivity index (χ1) is 16.8. The van der Waals surface area contributed by atoms with E-state index in [1.165, 1.54) is 24.1 Å². The monoisotopic (exact) mass is 527 g/mol. The number of carbonyl (C=O) groups excluding carboxylic acids is 3. The number of imide groups is 1. The SMILES string of the molecule is COc1cc(/C=C2\SC(=O)N(Cc3ccccc3C)C2=O)cc(Cl)c1OC(=O)c1ccccc1Cl. The zero-order valence-electron chi connectivity index (χ0n) is 18.7. The van der Waals surface area contributed by atoms with E-state index in [0.717, 1.165) is 22.9 Å². The van der Waals surface area contributed by atoms with Crippen molar-refractivity contribution in [2.75, 3.05) is 7.11 Å². The van der Waals surface area contributed by atoms with Gasteiger partial charge in [0.05, 0.1) is 34.2 Å². The molecule has 3 aromatic rings. The molecule has 2 amide bonds. The molecule has 0 saturated carbocycles. The Morgan fingerprint density at radius 3 is 2.46 bits per heavy atom. The number of nitrogens with zero attached hydrogens (tertiary/aromatic N) is 1. The van der Waals surface area contributed by atoms with E-state index < -0.39 is 11.9 Å². The summed E-state index contributed by atoms with van der Waals surface area (Å²) in [6.45, 7) is 2.12. The van der Waals surface area contributed by atoms with Gasteiger partial charge in [0.2, 0.25) is 0 Å². The number of esters is 1. The number of methoxy groups -OCH3 is 1. The molecule has 1 aliphatic rings. The Morgan fingerprint density at radius 2 is 1.74 bits per heavy atom. The molecule has 1 heterocycles. The minimum atomic E-state index is -0.694. The summed E-state index contributed by atoms with van der Waals surface area (Å²) in [6, 6.07) is 17.1. The number of halogens is 2. The van der Waals surface area contributed by atoms with Crippen LogP contribution in [0.4, 0.5) is 4.79 Å². The zero-order chi connectivity index (χ0) is 25.1. The molecular weight excluding hydrogens is 509 g/mol. The number of hydrogen-bond acceptors (Lipinski definition) is 6. The van der Waals surface area contributed by atoms with Crippen molar-refractivity contribution in [3.8, 4) is 11.5 Å². The van der Waals surface area contributed by atoms with Crippen LogP contribution in [0.2, 0.25) is 10.0 Å². The number of benzene rings is 3. The average Bonchev–Trinajstić information content (AvgIpc) is 3.09. The Balaban J connectivity index is 1.58. The van der Waals surface area contributed by atoms with Crippen molar-refractivity contribution in [2.24, 2.45) is 0 Å². The van der Waals surface area contributed by atoms with Gasteiger partial charge in [-0.2, -0.15) is 0 Å². The standard InChI is InChI=1S/C26H19Cl2NO5S/c1-15-7-3-4-8-17(15)14-29-24(30)22(35-26(29)32)13-16-11-20(28)23(21(12-16)33-2)34-25(31)18-9-5-6-10-19(18)27/h3-13H,14H2,1-2H3/b22-13-. The molecule has 1 aliphatic heterocycles. The van der Waals surface area contributed by atoms with Crippen LogP contribution in [0.3, 0.4) is 0 Å². The lowest BCUT2D eigenvalue weighted by Gasteiger charge is -2.14. The fourth-order valence-corrected chi connectivity index (χ4v) is 4.75. The molecule has 0 radical (unpaired) electrons. The third kappa shape index (κ3) is 5.37. The molecule has 0 aromatic heterocycles. The van der Waals surface area contributed by atoms with Gasteiger partial charge in [0.15, 0.2) is 11.5 Å². The Bertz CT molecular complexity index is 1370. The number of carbonyl (C=O) groups is 3. The lowest BCUT2D eigenvalue weighted by atomic mass is 10.1. The first-order valence-corrected chi connectivity index (χ1v) is 12.0. The van der Waals surface area contributed by atoms with E-state index in [-0.39, 0.29) is 43.8 Å². The number of rotatable bonds is 6. The molecule has 0 aliphatic carbocycles. The van der Waals surface area contributed by atoms with E-state index >= 15 is 0 Å². The van der Waals surface area contributed by atoms with Gasteiger partial charge in [-0.05, 0) is 65.7 Å². The predicted molar refractivity (Wildman–Crippen MR) is 137 cm³/mol. The van der Waals surface area contributed by atoms with Crippen LogP contribution >= 0.6 is 35.0 Å². The van der Waals surface area contributed by atoms with Gasteiger partial charge in [-0.3, -0.25) is 14.5 Å². The third-order valence-corrected chi connectivity index (χ3v) is 6.82. The molecule has 9 heteroatoms. The van der Waals surface area contributed by atoms with E-state index in [1.807, 2.05) is 31.2 Å². The number of thioether (sulfide) groups is 1. The number of hydrogen-bond donors (Lipinski definition) is 0. The van der Waals surface area contributed by atoms with E-state index in [9.17, 15) is 14.4 Å². The molecule has 0 bridgehead atoms. The molecule has 0 unspecified atom stereocenters. The summed E-state index contributed by atoms with van der Waals surface area (Å²) in [4.78, 5) is 39.5. The van der Waals surface area contributed by atoms with Crippen molar-refractivity contribution >= 4 is 58.2 Å². The van der Waals surface area contributed by atoms with Gasteiger partial charge < -0.3 is 9.47 Å². The third-order valence-electron chi connectivity index (χ3n) is 5.30. The quantitative estimate of drug-likeness (QED) is 0.200. The molecule has 35 heavy (non-hydrogen) atoms. The second-order valence-electron chi connectivity index (χ2n) is 7.60. The predicted octanol–water partition coefficient (Wildman–Crippen LogP) is 6.77. The highest BCUT2D eigenvalue weighted by Crippen LogP contribution is 2.40. The lowest BCUT2D eigenvalue weighted by molar-refractivity contribution is -0.123. The molecule has 3 aromatic carbocycles. The van der Waals surface area contributed by atoms with Crippen molar-refractivity contribution in [2.45, 2.75) is 13.5 Å². The Hall–Kier alpha value is -3.26. The highest BCUT2D eigenvalue weighted by Gasteiger charge is 2.35. The molecular formula is C26H19Cl2NO5S.